The van der Waals surface area contributed by atoms with Crippen molar-refractivity contribution in [3.05, 3.63) is 64.9 Å². The molecule has 0 saturated carbocycles. The van der Waals surface area contributed by atoms with Crippen LogP contribution in [0.15, 0.2) is 42.6 Å². The number of halogens is 1. The summed E-state index contributed by atoms with van der Waals surface area (Å²) in [6, 6.07) is 9.93. The van der Waals surface area contributed by atoms with Gasteiger partial charge in [0.1, 0.15) is 12.4 Å². The van der Waals surface area contributed by atoms with Crippen LogP contribution in [0.4, 0.5) is 4.39 Å². The van der Waals surface area contributed by atoms with Crippen LogP contribution < -0.4 is 4.74 Å². The first-order valence-electron chi connectivity index (χ1n) is 10.5. The average molecular weight is 394 g/mol. The summed E-state index contributed by atoms with van der Waals surface area (Å²) in [5.41, 5.74) is 5.37. The second kappa shape index (κ2) is 9.31. The number of carbonyl (C=O) groups is 1. The van der Waals surface area contributed by atoms with E-state index in [1.165, 1.54) is 16.7 Å². The standard InChI is InChI=1S/C24H27FN2O2/c25-11-3-12-27-13-10-21(16-27)29-24-9-7-20(15-26-24)22-5-2-1-4-19-14-18(17-28)6-8-23(19)22/h5-9,14-15,17,21H,1-4,10-13,16H2. The van der Waals surface area contributed by atoms with E-state index in [1.54, 1.807) is 0 Å². The van der Waals surface area contributed by atoms with Crippen molar-refractivity contribution < 1.29 is 13.9 Å². The molecule has 5 heteroatoms. The molecule has 0 radical (unpaired) electrons. The topological polar surface area (TPSA) is 42.4 Å². The molecule has 1 aliphatic carbocycles. The number of hydrogen-bond donors (Lipinski definition) is 0. The monoisotopic (exact) mass is 394 g/mol. The number of alkyl halides is 1. The van der Waals surface area contributed by atoms with Crippen molar-refractivity contribution in [2.24, 2.45) is 0 Å². The van der Waals surface area contributed by atoms with Crippen molar-refractivity contribution >= 4 is 11.9 Å². The van der Waals surface area contributed by atoms with Crippen LogP contribution in [-0.2, 0) is 6.42 Å². The van der Waals surface area contributed by atoms with E-state index in [0.717, 1.165) is 62.7 Å². The molecule has 1 fully saturated rings. The Labute approximate surface area is 171 Å². The Balaban J connectivity index is 1.46. The quantitative estimate of drug-likeness (QED) is 0.650. The molecule has 2 aliphatic rings. The van der Waals surface area contributed by atoms with Gasteiger partial charge in [-0.2, -0.15) is 0 Å². The maximum atomic E-state index is 12.3. The molecule has 0 bridgehead atoms. The molecule has 0 spiro atoms. The first-order valence-corrected chi connectivity index (χ1v) is 10.5. The lowest BCUT2D eigenvalue weighted by Gasteiger charge is -2.16. The highest BCUT2D eigenvalue weighted by molar-refractivity contribution is 5.84. The number of pyridine rings is 1. The minimum atomic E-state index is -0.263. The fourth-order valence-corrected chi connectivity index (χ4v) is 4.24. The van der Waals surface area contributed by atoms with Gasteiger partial charge in [0.2, 0.25) is 5.88 Å². The highest BCUT2D eigenvalue weighted by Gasteiger charge is 2.24. The third kappa shape index (κ3) is 4.73. The molecule has 0 N–H and O–H groups in total. The smallest absolute Gasteiger partial charge is 0.213 e. The number of hydrogen-bond acceptors (Lipinski definition) is 4. The highest BCUT2D eigenvalue weighted by Crippen LogP contribution is 2.32. The van der Waals surface area contributed by atoms with E-state index in [4.69, 9.17) is 4.74 Å². The molecule has 1 unspecified atom stereocenters. The molecule has 2 heterocycles. The van der Waals surface area contributed by atoms with Crippen molar-refractivity contribution in [2.45, 2.75) is 38.2 Å². The number of aryl methyl sites for hydroxylation is 1. The summed E-state index contributed by atoms with van der Waals surface area (Å²) >= 11 is 0. The Kier molecular flexibility index (Phi) is 6.35. The van der Waals surface area contributed by atoms with E-state index in [1.807, 2.05) is 30.5 Å². The summed E-state index contributed by atoms with van der Waals surface area (Å²) < 4.78 is 18.4. The number of rotatable bonds is 7. The van der Waals surface area contributed by atoms with Gasteiger partial charge in [0.15, 0.2) is 0 Å². The summed E-state index contributed by atoms with van der Waals surface area (Å²) in [5.74, 6) is 0.636. The van der Waals surface area contributed by atoms with Crippen LogP contribution in [0.25, 0.3) is 5.57 Å². The van der Waals surface area contributed by atoms with Gasteiger partial charge >= 0.3 is 0 Å². The maximum Gasteiger partial charge on any atom is 0.213 e. The van der Waals surface area contributed by atoms with E-state index >= 15 is 0 Å². The molecule has 152 valence electrons. The number of likely N-dealkylation sites (tertiary alicyclic amines) is 1. The number of aldehydes is 1. The van der Waals surface area contributed by atoms with Crippen molar-refractivity contribution in [3.63, 3.8) is 0 Å². The first-order chi connectivity index (χ1) is 14.3. The summed E-state index contributed by atoms with van der Waals surface area (Å²) in [5, 5.41) is 0. The van der Waals surface area contributed by atoms with Crippen molar-refractivity contribution in [3.8, 4) is 5.88 Å². The first kappa shape index (κ1) is 19.8. The van der Waals surface area contributed by atoms with Gasteiger partial charge in [-0.05, 0) is 60.9 Å². The Bertz CT molecular complexity index is 879. The van der Waals surface area contributed by atoms with E-state index < -0.39 is 0 Å². The third-order valence-electron chi connectivity index (χ3n) is 5.73. The van der Waals surface area contributed by atoms with Crippen LogP contribution in [0.1, 0.15) is 52.7 Å². The molecular formula is C24H27FN2O2. The molecule has 1 aliphatic heterocycles. The number of aromatic nitrogens is 1. The molecule has 0 amide bonds. The molecule has 1 aromatic heterocycles. The molecule has 1 aromatic carbocycles. The Morgan fingerprint density at radius 2 is 2.21 bits per heavy atom. The third-order valence-corrected chi connectivity index (χ3v) is 5.73. The van der Waals surface area contributed by atoms with Crippen LogP contribution in [-0.4, -0.2) is 48.6 Å². The lowest BCUT2D eigenvalue weighted by Crippen LogP contribution is -2.26. The number of nitrogens with zero attached hydrogens (tertiary/aromatic N) is 2. The largest absolute Gasteiger partial charge is 0.473 e. The van der Waals surface area contributed by atoms with Gasteiger partial charge < -0.3 is 4.74 Å². The zero-order valence-electron chi connectivity index (χ0n) is 16.6. The number of fused-ring (bicyclic) bond motifs is 1. The molecule has 4 nitrogen and oxygen atoms in total. The van der Waals surface area contributed by atoms with Crippen LogP contribution in [0.5, 0.6) is 5.88 Å². The molecular weight excluding hydrogens is 367 g/mol. The Hall–Kier alpha value is -2.53. The Morgan fingerprint density at radius 3 is 3.00 bits per heavy atom. The molecule has 4 rings (SSSR count). The van der Waals surface area contributed by atoms with Crippen molar-refractivity contribution in [1.29, 1.82) is 0 Å². The molecule has 2 aromatic rings. The van der Waals surface area contributed by atoms with Crippen molar-refractivity contribution in [2.75, 3.05) is 26.3 Å². The fourth-order valence-electron chi connectivity index (χ4n) is 4.24. The van der Waals surface area contributed by atoms with Crippen LogP contribution in [0.2, 0.25) is 0 Å². The number of benzene rings is 1. The van der Waals surface area contributed by atoms with Gasteiger partial charge in [0.25, 0.3) is 0 Å². The predicted octanol–water partition coefficient (Wildman–Crippen LogP) is 4.47. The molecule has 1 atom stereocenters. The summed E-state index contributed by atoms with van der Waals surface area (Å²) in [6.07, 6.45) is 9.77. The lowest BCUT2D eigenvalue weighted by atomic mass is 9.93. The van der Waals surface area contributed by atoms with E-state index in [0.29, 0.717) is 12.3 Å². The van der Waals surface area contributed by atoms with E-state index in [-0.39, 0.29) is 12.8 Å². The van der Waals surface area contributed by atoms with E-state index in [9.17, 15) is 9.18 Å². The van der Waals surface area contributed by atoms with Crippen LogP contribution in [0.3, 0.4) is 0 Å². The van der Waals surface area contributed by atoms with Gasteiger partial charge in [-0.15, -0.1) is 0 Å². The van der Waals surface area contributed by atoms with Crippen LogP contribution >= 0.6 is 0 Å². The second-order valence-electron chi connectivity index (χ2n) is 7.80. The minimum Gasteiger partial charge on any atom is -0.473 e. The zero-order valence-corrected chi connectivity index (χ0v) is 16.6. The second-order valence-corrected chi connectivity index (χ2v) is 7.80. The highest BCUT2D eigenvalue weighted by atomic mass is 19.1. The summed E-state index contributed by atoms with van der Waals surface area (Å²) in [4.78, 5) is 17.9. The zero-order chi connectivity index (χ0) is 20.1. The number of allylic oxidation sites excluding steroid dienone is 1. The van der Waals surface area contributed by atoms with Gasteiger partial charge in [0.05, 0.1) is 6.67 Å². The molecule has 29 heavy (non-hydrogen) atoms. The number of carbonyl (C=O) groups excluding carboxylic acids is 1. The van der Waals surface area contributed by atoms with Crippen molar-refractivity contribution in [1.82, 2.24) is 9.88 Å². The van der Waals surface area contributed by atoms with Gasteiger partial charge in [-0.25, -0.2) is 4.98 Å². The fraction of sp³-hybridized carbons (Fsp3) is 0.417. The van der Waals surface area contributed by atoms with Gasteiger partial charge in [-0.1, -0.05) is 18.2 Å². The maximum absolute atomic E-state index is 12.3. The molecule has 1 saturated heterocycles. The van der Waals surface area contributed by atoms with Gasteiger partial charge in [-0.3, -0.25) is 14.1 Å². The summed E-state index contributed by atoms with van der Waals surface area (Å²) in [7, 11) is 0. The van der Waals surface area contributed by atoms with E-state index in [2.05, 4.69) is 22.0 Å². The summed E-state index contributed by atoms with van der Waals surface area (Å²) in [6.45, 7) is 2.32. The minimum absolute atomic E-state index is 0.118. The predicted molar refractivity (Wildman–Crippen MR) is 112 cm³/mol. The van der Waals surface area contributed by atoms with Gasteiger partial charge in [0, 0.05) is 43.0 Å². The Morgan fingerprint density at radius 1 is 1.28 bits per heavy atom. The number of ether oxygens (including phenoxy) is 1. The normalized spacial score (nSPS) is 19.3. The SMILES string of the molecule is O=Cc1ccc2c(c1)CCCC=C2c1ccc(OC2CCN(CCCF)C2)nc1. The van der Waals surface area contributed by atoms with Crippen LogP contribution in [0, 0.1) is 0 Å². The average Bonchev–Trinajstić information content (AvgIpc) is 3.09. The lowest BCUT2D eigenvalue weighted by molar-refractivity contribution is 0.112.